The van der Waals surface area contributed by atoms with Gasteiger partial charge in [-0.1, -0.05) is 6.92 Å². The highest BCUT2D eigenvalue weighted by atomic mass is 16.5. The lowest BCUT2D eigenvalue weighted by atomic mass is 10.1. The number of carbonyl (C=O) groups excluding carboxylic acids is 1. The van der Waals surface area contributed by atoms with Gasteiger partial charge in [-0.2, -0.15) is 0 Å². The van der Waals surface area contributed by atoms with Crippen molar-refractivity contribution in [3.05, 3.63) is 23.3 Å². The Hall–Kier alpha value is -2.44. The largest absolute Gasteiger partial charge is 0.494 e. The summed E-state index contributed by atoms with van der Waals surface area (Å²) < 4.78 is 11.7. The Morgan fingerprint density at radius 2 is 2.04 bits per heavy atom. The van der Waals surface area contributed by atoms with Crippen molar-refractivity contribution in [3.63, 3.8) is 0 Å². The van der Waals surface area contributed by atoms with Gasteiger partial charge in [-0.05, 0) is 39.3 Å². The molecule has 28 heavy (non-hydrogen) atoms. The van der Waals surface area contributed by atoms with Gasteiger partial charge in [0.25, 0.3) is 0 Å². The van der Waals surface area contributed by atoms with Crippen molar-refractivity contribution in [1.29, 1.82) is 0 Å². The number of aliphatic imine (C=N–C) groups is 1. The lowest BCUT2D eigenvalue weighted by molar-refractivity contribution is -0.120. The summed E-state index contributed by atoms with van der Waals surface area (Å²) in [6.07, 6.45) is 2.46. The number of hydrogen-bond donors (Lipinski definition) is 3. The average Bonchev–Trinajstić information content (AvgIpc) is 3.03. The number of fused-ring (bicyclic) bond motifs is 1. The predicted molar refractivity (Wildman–Crippen MR) is 112 cm³/mol. The molecule has 3 N–H and O–H groups in total. The topological polar surface area (TPSA) is 84.0 Å². The van der Waals surface area contributed by atoms with E-state index in [9.17, 15) is 4.79 Å². The molecule has 1 unspecified atom stereocenters. The Morgan fingerprint density at radius 1 is 1.21 bits per heavy atom. The Bertz CT molecular complexity index is 676. The fourth-order valence-electron chi connectivity index (χ4n) is 3.05. The van der Waals surface area contributed by atoms with E-state index < -0.39 is 0 Å². The first kappa shape index (κ1) is 21.9. The first-order chi connectivity index (χ1) is 13.6. The number of guanidine groups is 1. The zero-order chi connectivity index (χ0) is 20.4. The van der Waals surface area contributed by atoms with Gasteiger partial charge in [-0.25, -0.2) is 4.99 Å². The fourth-order valence-corrected chi connectivity index (χ4v) is 3.05. The molecule has 0 spiro atoms. The van der Waals surface area contributed by atoms with Crippen molar-refractivity contribution in [2.75, 3.05) is 26.2 Å². The van der Waals surface area contributed by atoms with Crippen LogP contribution < -0.4 is 25.4 Å². The molecule has 0 bridgehead atoms. The van der Waals surface area contributed by atoms with Gasteiger partial charge in [0.15, 0.2) is 5.96 Å². The molecule has 1 aliphatic heterocycles. The van der Waals surface area contributed by atoms with Crippen molar-refractivity contribution in [2.45, 2.75) is 59.6 Å². The number of nitrogens with one attached hydrogen (secondary N) is 3. The second kappa shape index (κ2) is 11.4. The molecule has 156 valence electrons. The van der Waals surface area contributed by atoms with Gasteiger partial charge < -0.3 is 25.4 Å². The summed E-state index contributed by atoms with van der Waals surface area (Å²) in [6.45, 7) is 11.2. The minimum absolute atomic E-state index is 0.0497. The van der Waals surface area contributed by atoms with E-state index in [1.807, 2.05) is 26.8 Å². The molecule has 7 nitrogen and oxygen atoms in total. The third-order valence-electron chi connectivity index (χ3n) is 4.35. The normalized spacial score (nSPS) is 15.6. The third kappa shape index (κ3) is 6.62. The number of ether oxygens (including phenoxy) is 2. The van der Waals surface area contributed by atoms with E-state index in [1.165, 1.54) is 5.56 Å². The zero-order valence-corrected chi connectivity index (χ0v) is 17.6. The average molecular weight is 391 g/mol. The minimum atomic E-state index is 0.0497. The van der Waals surface area contributed by atoms with Crippen LogP contribution in [0.25, 0.3) is 0 Å². The molecule has 0 radical (unpaired) electrons. The smallest absolute Gasteiger partial charge is 0.221 e. The maximum atomic E-state index is 11.7. The van der Waals surface area contributed by atoms with Gasteiger partial charge in [-0.15, -0.1) is 0 Å². The van der Waals surface area contributed by atoms with Gasteiger partial charge in [0.1, 0.15) is 17.6 Å². The van der Waals surface area contributed by atoms with Gasteiger partial charge in [0.05, 0.1) is 13.2 Å². The molecule has 2 rings (SSSR count). The molecule has 0 fully saturated rings. The summed E-state index contributed by atoms with van der Waals surface area (Å²) in [6, 6.07) is 4.11. The molecule has 0 saturated carbocycles. The highest BCUT2D eigenvalue weighted by Gasteiger charge is 2.21. The van der Waals surface area contributed by atoms with Crippen LogP contribution in [0.1, 0.15) is 51.7 Å². The van der Waals surface area contributed by atoms with Crippen LogP contribution in [-0.2, 0) is 17.8 Å². The van der Waals surface area contributed by atoms with Crippen LogP contribution in [0.15, 0.2) is 17.1 Å². The Labute approximate surface area is 168 Å². The number of amides is 1. The number of nitrogens with zero attached hydrogens (tertiary/aromatic N) is 1. The fraction of sp³-hybridized carbons (Fsp3) is 0.619. The maximum absolute atomic E-state index is 11.7. The Morgan fingerprint density at radius 3 is 2.75 bits per heavy atom. The molecular formula is C21H34N4O3. The number of carbonyl (C=O) groups is 1. The minimum Gasteiger partial charge on any atom is -0.494 e. The van der Waals surface area contributed by atoms with Gasteiger partial charge in [0, 0.05) is 43.6 Å². The van der Waals surface area contributed by atoms with Crippen molar-refractivity contribution >= 4 is 11.9 Å². The van der Waals surface area contributed by atoms with Gasteiger partial charge in [0.2, 0.25) is 5.91 Å². The van der Waals surface area contributed by atoms with Crippen LogP contribution >= 0.6 is 0 Å². The van der Waals surface area contributed by atoms with Crippen LogP contribution in [0.2, 0.25) is 0 Å². The van der Waals surface area contributed by atoms with Crippen molar-refractivity contribution in [2.24, 2.45) is 4.99 Å². The van der Waals surface area contributed by atoms with E-state index in [-0.39, 0.29) is 12.0 Å². The molecule has 1 atom stereocenters. The number of benzene rings is 1. The van der Waals surface area contributed by atoms with Crippen LogP contribution in [0.4, 0.5) is 0 Å². The molecule has 1 heterocycles. The molecule has 1 aromatic carbocycles. The highest BCUT2D eigenvalue weighted by molar-refractivity contribution is 5.81. The second-order valence-electron chi connectivity index (χ2n) is 6.86. The number of rotatable bonds is 10. The van der Waals surface area contributed by atoms with Gasteiger partial charge in [-0.3, -0.25) is 4.79 Å². The standard InChI is InChI=1S/C21H34N4O3/c1-5-9-23-20(26)8-10-24-21(22-6-2)25-14-17-13-19-16(11-15(4)28-19)12-18(17)27-7-3/h12-13,15H,5-11,14H2,1-4H3,(H,23,26)(H2,22,24,25). The summed E-state index contributed by atoms with van der Waals surface area (Å²) in [4.78, 5) is 16.4. The molecule has 1 amide bonds. The lowest BCUT2D eigenvalue weighted by Crippen LogP contribution is -2.39. The molecular weight excluding hydrogens is 356 g/mol. The maximum Gasteiger partial charge on any atom is 0.221 e. The van der Waals surface area contributed by atoms with E-state index in [0.717, 1.165) is 36.4 Å². The molecule has 1 aromatic rings. The predicted octanol–water partition coefficient (Wildman–Crippen LogP) is 2.38. The monoisotopic (exact) mass is 390 g/mol. The first-order valence-corrected chi connectivity index (χ1v) is 10.3. The third-order valence-corrected chi connectivity index (χ3v) is 4.35. The molecule has 0 saturated heterocycles. The van der Waals surface area contributed by atoms with E-state index >= 15 is 0 Å². The quantitative estimate of drug-likeness (QED) is 0.422. The SMILES string of the molecule is CCCNC(=O)CCNC(=NCc1cc2c(cc1OCC)CC(C)O2)NCC. The number of hydrogen-bond acceptors (Lipinski definition) is 4. The van der Waals surface area contributed by atoms with Crippen molar-refractivity contribution in [1.82, 2.24) is 16.0 Å². The Kier molecular flexibility index (Phi) is 8.91. The van der Waals surface area contributed by atoms with E-state index in [0.29, 0.717) is 38.6 Å². The summed E-state index contributed by atoms with van der Waals surface area (Å²) in [5.41, 5.74) is 2.18. The summed E-state index contributed by atoms with van der Waals surface area (Å²) in [5.74, 6) is 2.51. The van der Waals surface area contributed by atoms with E-state index in [1.54, 1.807) is 0 Å². The van der Waals surface area contributed by atoms with Crippen LogP contribution in [0.5, 0.6) is 11.5 Å². The highest BCUT2D eigenvalue weighted by Crippen LogP contribution is 2.35. The van der Waals surface area contributed by atoms with E-state index in [2.05, 4.69) is 33.9 Å². The zero-order valence-electron chi connectivity index (χ0n) is 17.6. The van der Waals surface area contributed by atoms with E-state index in [4.69, 9.17) is 9.47 Å². The molecule has 7 heteroatoms. The molecule has 1 aliphatic rings. The lowest BCUT2D eigenvalue weighted by Gasteiger charge is -2.14. The second-order valence-corrected chi connectivity index (χ2v) is 6.86. The molecule has 0 aliphatic carbocycles. The summed E-state index contributed by atoms with van der Waals surface area (Å²) in [5, 5.41) is 9.31. The first-order valence-electron chi connectivity index (χ1n) is 10.3. The van der Waals surface area contributed by atoms with Crippen molar-refractivity contribution < 1.29 is 14.3 Å². The molecule has 0 aromatic heterocycles. The summed E-state index contributed by atoms with van der Waals surface area (Å²) >= 11 is 0. The van der Waals surface area contributed by atoms with Gasteiger partial charge >= 0.3 is 0 Å². The van der Waals surface area contributed by atoms with Crippen LogP contribution in [0.3, 0.4) is 0 Å². The summed E-state index contributed by atoms with van der Waals surface area (Å²) in [7, 11) is 0. The Balaban J connectivity index is 2.01. The van der Waals surface area contributed by atoms with Crippen molar-refractivity contribution in [3.8, 4) is 11.5 Å². The van der Waals surface area contributed by atoms with Crippen LogP contribution in [-0.4, -0.2) is 44.2 Å². The van der Waals surface area contributed by atoms with Crippen LogP contribution in [0, 0.1) is 0 Å².